The number of hydrogen-bond donors (Lipinski definition) is 0. The normalized spacial score (nSPS) is 12.4. The van der Waals surface area contributed by atoms with E-state index >= 15 is 0 Å². The van der Waals surface area contributed by atoms with Crippen LogP contribution in [0.25, 0.3) is 0 Å². The van der Waals surface area contributed by atoms with E-state index in [1.807, 2.05) is 42.8 Å². The Bertz CT molecular complexity index is 656. The van der Waals surface area contributed by atoms with E-state index in [9.17, 15) is 4.79 Å². The van der Waals surface area contributed by atoms with Crippen molar-refractivity contribution in [3.05, 3.63) is 41.2 Å². The molecule has 0 N–H and O–H groups in total. The number of rotatable bonds is 6. The molecule has 0 aliphatic rings. The summed E-state index contributed by atoms with van der Waals surface area (Å²) in [5.74, 6) is 0.385. The molecule has 2 aromatic rings. The number of hydrogen-bond acceptors (Lipinski definition) is 4. The van der Waals surface area contributed by atoms with E-state index in [2.05, 4.69) is 24.0 Å². The molecule has 1 amide bonds. The van der Waals surface area contributed by atoms with Crippen molar-refractivity contribution in [2.24, 2.45) is 0 Å². The molecule has 124 valence electrons. The maximum atomic E-state index is 12.4. The van der Waals surface area contributed by atoms with Crippen LogP contribution >= 0.6 is 23.4 Å². The van der Waals surface area contributed by atoms with Crippen LogP contribution in [-0.4, -0.2) is 38.4 Å². The SMILES string of the molecule is CC(c1ccc(Cl)cc1)N(C)C(=O)CSc1nncn1C(C)C. The van der Waals surface area contributed by atoms with Crippen molar-refractivity contribution >= 4 is 29.3 Å². The zero-order valence-corrected chi connectivity index (χ0v) is 15.3. The Hall–Kier alpha value is -1.53. The van der Waals surface area contributed by atoms with Crippen molar-refractivity contribution in [1.29, 1.82) is 0 Å². The lowest BCUT2D eigenvalue weighted by atomic mass is 10.1. The smallest absolute Gasteiger partial charge is 0.233 e. The first-order valence-electron chi connectivity index (χ1n) is 7.43. The summed E-state index contributed by atoms with van der Waals surface area (Å²) in [5, 5.41) is 9.44. The van der Waals surface area contributed by atoms with Gasteiger partial charge in [-0.2, -0.15) is 0 Å². The molecule has 5 nitrogen and oxygen atoms in total. The van der Waals surface area contributed by atoms with Gasteiger partial charge in [-0.15, -0.1) is 10.2 Å². The van der Waals surface area contributed by atoms with Crippen LogP contribution in [0.15, 0.2) is 35.7 Å². The van der Waals surface area contributed by atoms with Crippen molar-refractivity contribution in [2.75, 3.05) is 12.8 Å². The quantitative estimate of drug-likeness (QED) is 0.741. The first kappa shape index (κ1) is 17.8. The lowest BCUT2D eigenvalue weighted by Gasteiger charge is -2.25. The molecule has 2 rings (SSSR count). The maximum Gasteiger partial charge on any atom is 0.233 e. The molecule has 1 atom stereocenters. The molecule has 0 saturated carbocycles. The van der Waals surface area contributed by atoms with Gasteiger partial charge in [0.25, 0.3) is 0 Å². The molecule has 1 aromatic carbocycles. The number of carbonyl (C=O) groups is 1. The van der Waals surface area contributed by atoms with E-state index < -0.39 is 0 Å². The Balaban J connectivity index is 1.97. The predicted molar refractivity (Wildman–Crippen MR) is 93.8 cm³/mol. The molecule has 0 aliphatic carbocycles. The second-order valence-electron chi connectivity index (χ2n) is 5.64. The van der Waals surface area contributed by atoms with Crippen LogP contribution in [0.3, 0.4) is 0 Å². The van der Waals surface area contributed by atoms with Crippen LogP contribution in [0.1, 0.15) is 38.4 Å². The average molecular weight is 353 g/mol. The molecule has 1 aromatic heterocycles. The van der Waals surface area contributed by atoms with Crippen molar-refractivity contribution in [2.45, 2.75) is 38.0 Å². The molecule has 0 bridgehead atoms. The molecule has 0 aliphatic heterocycles. The highest BCUT2D eigenvalue weighted by Crippen LogP contribution is 2.23. The van der Waals surface area contributed by atoms with E-state index in [4.69, 9.17) is 11.6 Å². The number of amides is 1. The number of halogens is 1. The van der Waals surface area contributed by atoms with E-state index in [-0.39, 0.29) is 18.0 Å². The van der Waals surface area contributed by atoms with Gasteiger partial charge in [0.1, 0.15) is 6.33 Å². The van der Waals surface area contributed by atoms with Crippen molar-refractivity contribution in [1.82, 2.24) is 19.7 Å². The summed E-state index contributed by atoms with van der Waals surface area (Å²) in [7, 11) is 1.81. The van der Waals surface area contributed by atoms with Gasteiger partial charge in [0, 0.05) is 18.1 Å². The average Bonchev–Trinajstić information content (AvgIpc) is 3.00. The zero-order chi connectivity index (χ0) is 17.0. The van der Waals surface area contributed by atoms with E-state index in [0.717, 1.165) is 10.7 Å². The Morgan fingerprint density at radius 1 is 1.30 bits per heavy atom. The molecule has 0 spiro atoms. The lowest BCUT2D eigenvalue weighted by molar-refractivity contribution is -0.128. The van der Waals surface area contributed by atoms with Gasteiger partial charge in [-0.1, -0.05) is 35.5 Å². The highest BCUT2D eigenvalue weighted by molar-refractivity contribution is 7.99. The zero-order valence-electron chi connectivity index (χ0n) is 13.7. The molecule has 0 radical (unpaired) electrons. The summed E-state index contributed by atoms with van der Waals surface area (Å²) in [6, 6.07) is 7.83. The molecule has 23 heavy (non-hydrogen) atoms. The van der Waals surface area contributed by atoms with Gasteiger partial charge < -0.3 is 9.47 Å². The molecular formula is C16H21ClN4OS. The van der Waals surface area contributed by atoms with Gasteiger partial charge >= 0.3 is 0 Å². The Morgan fingerprint density at radius 2 is 1.96 bits per heavy atom. The summed E-state index contributed by atoms with van der Waals surface area (Å²) < 4.78 is 1.96. The van der Waals surface area contributed by atoms with Gasteiger partial charge in [-0.3, -0.25) is 4.79 Å². The van der Waals surface area contributed by atoms with Gasteiger partial charge in [0.15, 0.2) is 5.16 Å². The molecule has 7 heteroatoms. The predicted octanol–water partition coefficient (Wildman–Crippen LogP) is 3.82. The lowest BCUT2D eigenvalue weighted by Crippen LogP contribution is -2.31. The fraction of sp³-hybridized carbons (Fsp3) is 0.438. The highest BCUT2D eigenvalue weighted by Gasteiger charge is 2.19. The molecule has 1 unspecified atom stereocenters. The summed E-state index contributed by atoms with van der Waals surface area (Å²) in [5.41, 5.74) is 1.06. The summed E-state index contributed by atoms with van der Waals surface area (Å²) in [6.45, 7) is 6.12. The summed E-state index contributed by atoms with van der Waals surface area (Å²) >= 11 is 7.32. The fourth-order valence-electron chi connectivity index (χ4n) is 2.10. The monoisotopic (exact) mass is 352 g/mol. The number of benzene rings is 1. The molecule has 0 fully saturated rings. The minimum Gasteiger partial charge on any atom is -0.338 e. The van der Waals surface area contributed by atoms with Crippen LogP contribution in [0.5, 0.6) is 0 Å². The van der Waals surface area contributed by atoms with Crippen molar-refractivity contribution in [3.8, 4) is 0 Å². The molecular weight excluding hydrogens is 332 g/mol. The van der Waals surface area contributed by atoms with Crippen LogP contribution in [0.2, 0.25) is 5.02 Å². The van der Waals surface area contributed by atoms with Crippen LogP contribution in [-0.2, 0) is 4.79 Å². The van der Waals surface area contributed by atoms with E-state index in [0.29, 0.717) is 10.8 Å². The number of carbonyl (C=O) groups excluding carboxylic acids is 1. The maximum absolute atomic E-state index is 12.4. The minimum absolute atomic E-state index is 0.0108. The van der Waals surface area contributed by atoms with Gasteiger partial charge in [0.2, 0.25) is 5.91 Å². The first-order chi connectivity index (χ1) is 10.9. The largest absolute Gasteiger partial charge is 0.338 e. The third-order valence-corrected chi connectivity index (χ3v) is 4.94. The number of nitrogens with zero attached hydrogens (tertiary/aromatic N) is 4. The Labute approximate surface area is 146 Å². The summed E-state index contributed by atoms with van der Waals surface area (Å²) in [4.78, 5) is 14.2. The second kappa shape index (κ2) is 7.84. The topological polar surface area (TPSA) is 51.0 Å². The first-order valence-corrected chi connectivity index (χ1v) is 8.80. The van der Waals surface area contributed by atoms with E-state index in [1.54, 1.807) is 11.2 Å². The fourth-order valence-corrected chi connectivity index (χ4v) is 3.19. The Morgan fingerprint density at radius 3 is 2.57 bits per heavy atom. The van der Waals surface area contributed by atoms with Gasteiger partial charge in [-0.05, 0) is 38.5 Å². The van der Waals surface area contributed by atoms with E-state index in [1.165, 1.54) is 11.8 Å². The van der Waals surface area contributed by atoms with Gasteiger partial charge in [0.05, 0.1) is 11.8 Å². The summed E-state index contributed by atoms with van der Waals surface area (Å²) in [6.07, 6.45) is 1.69. The number of thioether (sulfide) groups is 1. The van der Waals surface area contributed by atoms with Crippen molar-refractivity contribution in [3.63, 3.8) is 0 Å². The molecule has 0 saturated heterocycles. The third kappa shape index (κ3) is 4.48. The van der Waals surface area contributed by atoms with Gasteiger partial charge in [-0.25, -0.2) is 0 Å². The van der Waals surface area contributed by atoms with Crippen LogP contribution in [0, 0.1) is 0 Å². The standard InChI is InChI=1S/C16H21ClN4OS/c1-11(2)21-10-18-19-16(21)23-9-15(22)20(4)12(3)13-5-7-14(17)8-6-13/h5-8,10-12H,9H2,1-4H3. The third-order valence-electron chi connectivity index (χ3n) is 3.75. The van der Waals surface area contributed by atoms with Crippen LogP contribution < -0.4 is 0 Å². The van der Waals surface area contributed by atoms with Crippen LogP contribution in [0.4, 0.5) is 0 Å². The minimum atomic E-state index is -0.0108. The number of aromatic nitrogens is 3. The molecule has 1 heterocycles. The highest BCUT2D eigenvalue weighted by atomic mass is 35.5. The second-order valence-corrected chi connectivity index (χ2v) is 7.01. The Kier molecular flexibility index (Phi) is 6.07. The van der Waals surface area contributed by atoms with Crippen molar-refractivity contribution < 1.29 is 4.79 Å².